The fraction of sp³-hybridized carbons (Fsp3) is 0.750. The first-order chi connectivity index (χ1) is 7.36. The van der Waals surface area contributed by atoms with E-state index < -0.39 is 0 Å². The Balaban J connectivity index is 2.00. The summed E-state index contributed by atoms with van der Waals surface area (Å²) in [5.74, 6) is 0. The Morgan fingerprint density at radius 2 is 2.00 bits per heavy atom. The molecule has 2 aliphatic carbocycles. The fourth-order valence-electron chi connectivity index (χ4n) is 2.99. The highest BCUT2D eigenvalue weighted by molar-refractivity contribution is 5.35. The summed E-state index contributed by atoms with van der Waals surface area (Å²) in [6.07, 6.45) is 8.32. The van der Waals surface area contributed by atoms with Crippen LogP contribution in [-0.4, -0.2) is 21.9 Å². The van der Waals surface area contributed by atoms with Crippen molar-refractivity contribution in [3.05, 3.63) is 17.0 Å². The minimum Gasteiger partial charge on any atom is -0.395 e. The molecule has 0 amide bonds. The second-order valence-corrected chi connectivity index (χ2v) is 5.03. The van der Waals surface area contributed by atoms with Gasteiger partial charge in [-0.2, -0.15) is 5.10 Å². The maximum Gasteiger partial charge on any atom is 0.0741 e. The molecule has 0 saturated heterocycles. The van der Waals surface area contributed by atoms with Crippen molar-refractivity contribution >= 4 is 0 Å². The van der Waals surface area contributed by atoms with Crippen LogP contribution in [0.1, 0.15) is 49.1 Å². The van der Waals surface area contributed by atoms with E-state index in [1.807, 2.05) is 0 Å². The molecule has 0 aliphatic heterocycles. The molecular weight excluding hydrogens is 188 g/mol. The van der Waals surface area contributed by atoms with Gasteiger partial charge in [0.05, 0.1) is 12.3 Å². The SMILES string of the molecule is OCC1(c2n[nH]c3c2CCCC3)CCC1. The average molecular weight is 206 g/mol. The number of aliphatic hydroxyl groups is 1. The predicted molar refractivity (Wildman–Crippen MR) is 57.8 cm³/mol. The van der Waals surface area contributed by atoms with Crippen LogP contribution in [0.3, 0.4) is 0 Å². The van der Waals surface area contributed by atoms with Crippen molar-refractivity contribution in [3.63, 3.8) is 0 Å². The lowest BCUT2D eigenvalue weighted by Crippen LogP contribution is -2.39. The number of rotatable bonds is 2. The molecule has 2 aliphatic rings. The van der Waals surface area contributed by atoms with E-state index in [9.17, 15) is 5.11 Å². The summed E-state index contributed by atoms with van der Waals surface area (Å²) in [5, 5.41) is 17.2. The van der Waals surface area contributed by atoms with Gasteiger partial charge >= 0.3 is 0 Å². The number of nitrogens with zero attached hydrogens (tertiary/aromatic N) is 1. The van der Waals surface area contributed by atoms with Gasteiger partial charge in [-0.25, -0.2) is 0 Å². The maximum absolute atomic E-state index is 9.56. The lowest BCUT2D eigenvalue weighted by molar-refractivity contribution is 0.115. The van der Waals surface area contributed by atoms with Crippen LogP contribution in [0.4, 0.5) is 0 Å². The van der Waals surface area contributed by atoms with Crippen LogP contribution in [0, 0.1) is 0 Å². The number of hydrogen-bond acceptors (Lipinski definition) is 2. The third-order valence-electron chi connectivity index (χ3n) is 4.17. The Bertz CT molecular complexity index is 360. The number of aromatic amines is 1. The summed E-state index contributed by atoms with van der Waals surface area (Å²) in [7, 11) is 0. The highest BCUT2D eigenvalue weighted by atomic mass is 16.3. The second kappa shape index (κ2) is 3.34. The number of aryl methyl sites for hydroxylation is 1. The summed E-state index contributed by atoms with van der Waals surface area (Å²) in [6, 6.07) is 0. The highest BCUT2D eigenvalue weighted by Crippen LogP contribution is 2.45. The van der Waals surface area contributed by atoms with E-state index in [1.165, 1.54) is 36.2 Å². The number of fused-ring (bicyclic) bond motifs is 1. The van der Waals surface area contributed by atoms with Gasteiger partial charge in [0.2, 0.25) is 0 Å². The van der Waals surface area contributed by atoms with Gasteiger partial charge < -0.3 is 5.11 Å². The van der Waals surface area contributed by atoms with Crippen LogP contribution in [0.15, 0.2) is 0 Å². The minimum atomic E-state index is 0.0153. The molecule has 3 rings (SSSR count). The zero-order valence-electron chi connectivity index (χ0n) is 9.05. The van der Waals surface area contributed by atoms with Crippen molar-refractivity contribution in [1.29, 1.82) is 0 Å². The van der Waals surface area contributed by atoms with Crippen LogP contribution in [0.5, 0.6) is 0 Å². The van der Waals surface area contributed by atoms with Crippen molar-refractivity contribution < 1.29 is 5.11 Å². The molecule has 15 heavy (non-hydrogen) atoms. The van der Waals surface area contributed by atoms with Gasteiger partial charge in [-0.05, 0) is 44.1 Å². The highest BCUT2D eigenvalue weighted by Gasteiger charge is 2.42. The van der Waals surface area contributed by atoms with Crippen LogP contribution in [-0.2, 0) is 18.3 Å². The molecular formula is C12H18N2O. The summed E-state index contributed by atoms with van der Waals surface area (Å²) in [4.78, 5) is 0. The molecule has 2 N–H and O–H groups in total. The van der Waals surface area contributed by atoms with E-state index >= 15 is 0 Å². The van der Waals surface area contributed by atoms with E-state index in [0.29, 0.717) is 0 Å². The molecule has 0 aromatic carbocycles. The van der Waals surface area contributed by atoms with Crippen molar-refractivity contribution in [3.8, 4) is 0 Å². The zero-order chi connectivity index (χ0) is 10.3. The van der Waals surface area contributed by atoms with E-state index in [-0.39, 0.29) is 12.0 Å². The standard InChI is InChI=1S/C12H18N2O/c15-8-12(6-3-7-12)11-9-4-1-2-5-10(9)13-14-11/h15H,1-8H2,(H,13,14). The van der Waals surface area contributed by atoms with Crippen molar-refractivity contribution in [2.75, 3.05) is 6.61 Å². The number of nitrogens with one attached hydrogen (secondary N) is 1. The van der Waals surface area contributed by atoms with Crippen molar-refractivity contribution in [1.82, 2.24) is 10.2 Å². The molecule has 3 nitrogen and oxygen atoms in total. The van der Waals surface area contributed by atoms with Gasteiger partial charge in [-0.3, -0.25) is 5.10 Å². The van der Waals surface area contributed by atoms with E-state index in [2.05, 4.69) is 10.2 Å². The van der Waals surface area contributed by atoms with E-state index in [4.69, 9.17) is 0 Å². The monoisotopic (exact) mass is 206 g/mol. The zero-order valence-corrected chi connectivity index (χ0v) is 9.05. The molecule has 0 spiro atoms. The summed E-state index contributed by atoms with van der Waals surface area (Å²) >= 11 is 0. The Morgan fingerprint density at radius 1 is 1.20 bits per heavy atom. The van der Waals surface area contributed by atoms with E-state index in [0.717, 1.165) is 25.7 Å². The number of aliphatic hydroxyl groups excluding tert-OH is 1. The molecule has 0 radical (unpaired) electrons. The lowest BCUT2D eigenvalue weighted by Gasteiger charge is -2.39. The Hall–Kier alpha value is -0.830. The maximum atomic E-state index is 9.56. The third kappa shape index (κ3) is 1.26. The van der Waals surface area contributed by atoms with Crippen LogP contribution >= 0.6 is 0 Å². The molecule has 0 atom stereocenters. The fourth-order valence-corrected chi connectivity index (χ4v) is 2.99. The van der Waals surface area contributed by atoms with Crippen LogP contribution < -0.4 is 0 Å². The number of aromatic nitrogens is 2. The first kappa shape index (κ1) is 9.40. The molecule has 1 heterocycles. The third-order valence-corrected chi connectivity index (χ3v) is 4.17. The summed E-state index contributed by atoms with van der Waals surface area (Å²) < 4.78 is 0. The molecule has 3 heteroatoms. The number of hydrogen-bond donors (Lipinski definition) is 2. The molecule has 0 bridgehead atoms. The Labute approximate surface area is 89.9 Å². The normalized spacial score (nSPS) is 23.3. The molecule has 1 aromatic rings. The second-order valence-electron chi connectivity index (χ2n) is 5.03. The summed E-state index contributed by atoms with van der Waals surface area (Å²) in [5.41, 5.74) is 3.96. The molecule has 1 aromatic heterocycles. The Morgan fingerprint density at radius 3 is 2.67 bits per heavy atom. The van der Waals surface area contributed by atoms with Crippen LogP contribution in [0.2, 0.25) is 0 Å². The van der Waals surface area contributed by atoms with Gasteiger partial charge in [-0.1, -0.05) is 6.42 Å². The lowest BCUT2D eigenvalue weighted by atomic mass is 9.65. The molecule has 0 unspecified atom stereocenters. The van der Waals surface area contributed by atoms with Gasteiger partial charge in [-0.15, -0.1) is 0 Å². The molecule has 82 valence electrons. The van der Waals surface area contributed by atoms with E-state index in [1.54, 1.807) is 0 Å². The molecule has 1 saturated carbocycles. The number of H-pyrrole nitrogens is 1. The summed E-state index contributed by atoms with van der Waals surface area (Å²) in [6.45, 7) is 0.268. The van der Waals surface area contributed by atoms with Crippen molar-refractivity contribution in [2.45, 2.75) is 50.4 Å². The predicted octanol–water partition coefficient (Wildman–Crippen LogP) is 1.70. The first-order valence-electron chi connectivity index (χ1n) is 6.03. The van der Waals surface area contributed by atoms with Crippen LogP contribution in [0.25, 0.3) is 0 Å². The largest absolute Gasteiger partial charge is 0.395 e. The van der Waals surface area contributed by atoms with Gasteiger partial charge in [0, 0.05) is 11.1 Å². The molecule has 1 fully saturated rings. The van der Waals surface area contributed by atoms with Gasteiger partial charge in [0.1, 0.15) is 0 Å². The smallest absolute Gasteiger partial charge is 0.0741 e. The van der Waals surface area contributed by atoms with Gasteiger partial charge in [0.15, 0.2) is 0 Å². The van der Waals surface area contributed by atoms with Gasteiger partial charge in [0.25, 0.3) is 0 Å². The minimum absolute atomic E-state index is 0.0153. The quantitative estimate of drug-likeness (QED) is 0.773. The Kier molecular flexibility index (Phi) is 2.09. The average Bonchev–Trinajstić information content (AvgIpc) is 2.62. The van der Waals surface area contributed by atoms with Crippen molar-refractivity contribution in [2.24, 2.45) is 0 Å². The first-order valence-corrected chi connectivity index (χ1v) is 6.03. The topological polar surface area (TPSA) is 48.9 Å².